The molecule has 1 heterocycles. The molecule has 0 saturated carbocycles. The normalized spacial score (nSPS) is 10.8. The Hall–Kier alpha value is -2.22. The molecule has 2 aromatic rings. The third-order valence-corrected chi connectivity index (χ3v) is 3.17. The Morgan fingerprint density at radius 1 is 1.20 bits per heavy atom. The zero-order chi connectivity index (χ0) is 14.7. The summed E-state index contributed by atoms with van der Waals surface area (Å²) in [6, 6.07) is 8.52. The molecule has 0 unspecified atom stereocenters. The van der Waals surface area contributed by atoms with Crippen molar-refractivity contribution in [3.05, 3.63) is 46.5 Å². The van der Waals surface area contributed by atoms with Crippen LogP contribution in [0.4, 0.5) is 20.3 Å². The molecule has 2 N–H and O–H groups in total. The molecule has 0 fully saturated rings. The largest absolute Gasteiger partial charge is 0.384 e. The Labute approximate surface area is 117 Å². The van der Waals surface area contributed by atoms with Crippen molar-refractivity contribution in [3.8, 4) is 11.3 Å². The Kier molecular flexibility index (Phi) is 4.14. The molecule has 1 aromatic carbocycles. The van der Waals surface area contributed by atoms with Crippen molar-refractivity contribution in [2.45, 2.75) is 10.7 Å². The van der Waals surface area contributed by atoms with Crippen LogP contribution >= 0.6 is 11.8 Å². The van der Waals surface area contributed by atoms with Crippen LogP contribution in [0.3, 0.4) is 0 Å². The molecule has 0 bridgehead atoms. The van der Waals surface area contributed by atoms with E-state index in [9.17, 15) is 18.9 Å². The van der Waals surface area contributed by atoms with Crippen LogP contribution in [0.15, 0.2) is 41.3 Å². The van der Waals surface area contributed by atoms with Gasteiger partial charge in [-0.1, -0.05) is 23.9 Å². The lowest BCUT2D eigenvalue weighted by Gasteiger charge is -2.05. The van der Waals surface area contributed by atoms with Crippen LogP contribution in [0.5, 0.6) is 0 Å². The predicted molar refractivity (Wildman–Crippen MR) is 72.6 cm³/mol. The lowest BCUT2D eigenvalue weighted by Crippen LogP contribution is -1.98. The highest BCUT2D eigenvalue weighted by atomic mass is 32.2. The maximum Gasteiger partial charge on any atom is 0.295 e. The minimum Gasteiger partial charge on any atom is -0.384 e. The monoisotopic (exact) mass is 297 g/mol. The smallest absolute Gasteiger partial charge is 0.295 e. The summed E-state index contributed by atoms with van der Waals surface area (Å²) < 4.78 is 24.4. The van der Waals surface area contributed by atoms with Gasteiger partial charge in [0.1, 0.15) is 5.82 Å². The number of aromatic nitrogens is 1. The van der Waals surface area contributed by atoms with E-state index in [2.05, 4.69) is 4.98 Å². The maximum atomic E-state index is 12.2. The van der Waals surface area contributed by atoms with Gasteiger partial charge in [-0.3, -0.25) is 10.1 Å². The Morgan fingerprint density at radius 3 is 2.40 bits per heavy atom. The first-order chi connectivity index (χ1) is 9.47. The fourth-order valence-electron chi connectivity index (χ4n) is 1.62. The summed E-state index contributed by atoms with van der Waals surface area (Å²) in [5.41, 5.74) is 5.90. The van der Waals surface area contributed by atoms with Crippen molar-refractivity contribution in [3.63, 3.8) is 0 Å². The van der Waals surface area contributed by atoms with E-state index in [1.807, 2.05) is 0 Å². The summed E-state index contributed by atoms with van der Waals surface area (Å²) in [5.74, 6) is -2.36. The molecule has 0 saturated heterocycles. The molecule has 0 spiro atoms. The molecule has 0 atom stereocenters. The number of nitrogens with zero attached hydrogens (tertiary/aromatic N) is 2. The summed E-state index contributed by atoms with van der Waals surface area (Å²) in [4.78, 5) is 14.7. The average Bonchev–Trinajstić information content (AvgIpc) is 2.38. The van der Waals surface area contributed by atoms with Crippen molar-refractivity contribution in [2.75, 3.05) is 5.73 Å². The lowest BCUT2D eigenvalue weighted by atomic mass is 10.1. The fraction of sp³-hybridized carbons (Fsp3) is 0.0833. The first-order valence-electron chi connectivity index (χ1n) is 5.43. The number of hydrogen-bond donors (Lipinski definition) is 1. The van der Waals surface area contributed by atoms with Crippen LogP contribution in [0.1, 0.15) is 0 Å². The second kappa shape index (κ2) is 5.83. The van der Waals surface area contributed by atoms with E-state index in [0.29, 0.717) is 22.2 Å². The number of hydrogen-bond acceptors (Lipinski definition) is 5. The SMILES string of the molecule is Nc1ccc([N+](=O)[O-])c(-c2ccc(SC(F)F)cc2)n1. The van der Waals surface area contributed by atoms with Crippen LogP contribution in [0.25, 0.3) is 11.3 Å². The van der Waals surface area contributed by atoms with E-state index >= 15 is 0 Å². The molecule has 20 heavy (non-hydrogen) atoms. The number of nitrogens with two attached hydrogens (primary N) is 1. The van der Waals surface area contributed by atoms with Crippen molar-refractivity contribution >= 4 is 23.3 Å². The predicted octanol–water partition coefficient (Wildman–Crippen LogP) is 3.55. The molecular formula is C12H9F2N3O2S. The topological polar surface area (TPSA) is 82.0 Å². The third kappa shape index (κ3) is 3.21. The zero-order valence-corrected chi connectivity index (χ0v) is 10.8. The minimum atomic E-state index is -2.51. The summed E-state index contributed by atoms with van der Waals surface area (Å²) >= 11 is 0.404. The van der Waals surface area contributed by atoms with Gasteiger partial charge in [0.05, 0.1) is 4.92 Å². The first-order valence-corrected chi connectivity index (χ1v) is 6.31. The molecule has 8 heteroatoms. The van der Waals surface area contributed by atoms with Crippen LogP contribution in [0, 0.1) is 10.1 Å². The number of nitro groups is 1. The molecule has 0 aliphatic heterocycles. The maximum absolute atomic E-state index is 12.2. The number of benzene rings is 1. The van der Waals surface area contributed by atoms with Gasteiger partial charge in [-0.15, -0.1) is 0 Å². The van der Waals surface area contributed by atoms with Gasteiger partial charge in [-0.05, 0) is 18.2 Å². The van der Waals surface area contributed by atoms with Crippen LogP contribution in [-0.2, 0) is 0 Å². The van der Waals surface area contributed by atoms with E-state index in [1.54, 1.807) is 0 Å². The number of anilines is 1. The van der Waals surface area contributed by atoms with Crippen molar-refractivity contribution in [1.82, 2.24) is 4.98 Å². The average molecular weight is 297 g/mol. The second-order valence-corrected chi connectivity index (χ2v) is 4.83. The molecule has 0 aliphatic rings. The van der Waals surface area contributed by atoms with E-state index in [-0.39, 0.29) is 17.2 Å². The molecule has 1 aromatic heterocycles. The van der Waals surface area contributed by atoms with Gasteiger partial charge in [0.25, 0.3) is 11.4 Å². The number of rotatable bonds is 4. The summed E-state index contributed by atoms with van der Waals surface area (Å²) in [5, 5.41) is 10.9. The Bertz CT molecular complexity index is 635. The number of alkyl halides is 2. The van der Waals surface area contributed by atoms with Gasteiger partial charge in [0.2, 0.25) is 0 Å². The zero-order valence-electron chi connectivity index (χ0n) is 9.99. The molecule has 0 amide bonds. The van der Waals surface area contributed by atoms with Gasteiger partial charge in [-0.25, -0.2) is 4.98 Å². The van der Waals surface area contributed by atoms with E-state index in [1.165, 1.54) is 36.4 Å². The third-order valence-electron chi connectivity index (χ3n) is 2.45. The number of thioether (sulfide) groups is 1. The van der Waals surface area contributed by atoms with Gasteiger partial charge < -0.3 is 5.73 Å². The summed E-state index contributed by atoms with van der Waals surface area (Å²) in [6.07, 6.45) is 0. The van der Waals surface area contributed by atoms with Crippen molar-refractivity contribution in [2.24, 2.45) is 0 Å². The standard InChI is InChI=1S/C12H9F2N3O2S/c13-12(14)20-8-3-1-7(2-4-8)11-9(17(18)19)5-6-10(15)16-11/h1-6,12H,(H2,15,16). The van der Waals surface area contributed by atoms with E-state index < -0.39 is 10.7 Å². The molecule has 5 nitrogen and oxygen atoms in total. The van der Waals surface area contributed by atoms with Gasteiger partial charge in [0, 0.05) is 16.5 Å². The lowest BCUT2D eigenvalue weighted by molar-refractivity contribution is -0.384. The quantitative estimate of drug-likeness (QED) is 0.530. The number of nitrogen functional groups attached to an aromatic ring is 1. The summed E-state index contributed by atoms with van der Waals surface area (Å²) in [7, 11) is 0. The Morgan fingerprint density at radius 2 is 1.85 bits per heavy atom. The summed E-state index contributed by atoms with van der Waals surface area (Å²) in [6.45, 7) is 0. The van der Waals surface area contributed by atoms with Gasteiger partial charge in [0.15, 0.2) is 5.69 Å². The molecule has 0 aliphatic carbocycles. The first kappa shape index (κ1) is 14.2. The van der Waals surface area contributed by atoms with Crippen molar-refractivity contribution in [1.29, 1.82) is 0 Å². The molecule has 2 rings (SSSR count). The highest BCUT2D eigenvalue weighted by Crippen LogP contribution is 2.31. The van der Waals surface area contributed by atoms with Crippen molar-refractivity contribution < 1.29 is 13.7 Å². The number of halogens is 2. The second-order valence-electron chi connectivity index (χ2n) is 3.76. The Balaban J connectivity index is 2.41. The highest BCUT2D eigenvalue weighted by Gasteiger charge is 2.17. The van der Waals surface area contributed by atoms with Gasteiger partial charge in [-0.2, -0.15) is 8.78 Å². The molecule has 0 radical (unpaired) electrons. The van der Waals surface area contributed by atoms with Gasteiger partial charge >= 0.3 is 0 Å². The van der Waals surface area contributed by atoms with Crippen LogP contribution in [0.2, 0.25) is 0 Å². The number of pyridine rings is 1. The van der Waals surface area contributed by atoms with E-state index in [0.717, 1.165) is 0 Å². The molecule has 104 valence electrons. The van der Waals surface area contributed by atoms with Crippen LogP contribution in [-0.4, -0.2) is 15.7 Å². The molecular weight excluding hydrogens is 288 g/mol. The minimum absolute atomic E-state index is 0.114. The fourth-order valence-corrected chi connectivity index (χ4v) is 2.12. The highest BCUT2D eigenvalue weighted by molar-refractivity contribution is 7.99. The van der Waals surface area contributed by atoms with Crippen LogP contribution < -0.4 is 5.73 Å². The van der Waals surface area contributed by atoms with E-state index in [4.69, 9.17) is 5.73 Å².